The molecule has 0 saturated carbocycles. The number of rotatable bonds is 1. The summed E-state index contributed by atoms with van der Waals surface area (Å²) in [5.41, 5.74) is 0. The lowest BCUT2D eigenvalue weighted by molar-refractivity contribution is 1.09. The van der Waals surface area contributed by atoms with Gasteiger partial charge in [-0.2, -0.15) is 0 Å². The molecule has 0 rings (SSSR count). The zero-order valence-electron chi connectivity index (χ0n) is 3.48. The highest BCUT2D eigenvalue weighted by Gasteiger charge is 1.83. The Morgan fingerprint density at radius 3 is 2.50 bits per heavy atom. The number of hydrogen-bond acceptors (Lipinski definition) is 3. The number of halogens is 3. The molecule has 0 aromatic carbocycles. The predicted octanol–water partition coefficient (Wildman–Crippen LogP) is 1.85. The lowest BCUT2D eigenvalue weighted by atomic mass is 11.3. The fourth-order valence-corrected chi connectivity index (χ4v) is 0.402. The second-order valence-electron chi connectivity index (χ2n) is 0.641. The maximum absolute atomic E-state index is 5.14. The van der Waals surface area contributed by atoms with Gasteiger partial charge in [-0.25, -0.2) is 4.94 Å². The van der Waals surface area contributed by atoms with Gasteiger partial charge in [0.15, 0.2) is 0 Å². The maximum atomic E-state index is 5.14. The van der Waals surface area contributed by atoms with Crippen LogP contribution < -0.4 is 4.94 Å². The van der Waals surface area contributed by atoms with Crippen molar-refractivity contribution in [3.05, 3.63) is 0 Å². The van der Waals surface area contributed by atoms with Crippen molar-refractivity contribution in [1.82, 2.24) is 4.94 Å². The van der Waals surface area contributed by atoms with Crippen LogP contribution in [0, 0.1) is 0 Å². The summed E-state index contributed by atoms with van der Waals surface area (Å²) in [7, 11) is 0. The van der Waals surface area contributed by atoms with Gasteiger partial charge < -0.3 is 0 Å². The molecule has 4 nitrogen and oxygen atoms in total. The third kappa shape index (κ3) is 4.11. The largest absolute Gasteiger partial charge is 0.262 e. The summed E-state index contributed by atoms with van der Waals surface area (Å²) >= 11 is 14.8. The van der Waals surface area contributed by atoms with Crippen molar-refractivity contribution in [2.75, 3.05) is 0 Å². The van der Waals surface area contributed by atoms with E-state index in [-0.39, 0.29) is 5.29 Å². The molecule has 8 heavy (non-hydrogen) atoms. The molecular weight excluding hydrogens is 174 g/mol. The van der Waals surface area contributed by atoms with E-state index >= 15 is 0 Å². The van der Waals surface area contributed by atoms with Crippen LogP contribution in [0.4, 0.5) is 0 Å². The molecule has 0 aliphatic carbocycles. The monoisotopic (exact) mass is 174 g/mol. The van der Waals surface area contributed by atoms with Crippen LogP contribution in [0.2, 0.25) is 0 Å². The first-order valence-corrected chi connectivity index (χ1v) is 2.51. The quantitative estimate of drug-likeness (QED) is 0.162. The van der Waals surface area contributed by atoms with Crippen molar-refractivity contribution >= 4 is 40.4 Å². The van der Waals surface area contributed by atoms with E-state index in [1.165, 1.54) is 0 Å². The normalized spacial score (nSPS) is 12.6. The zero-order chi connectivity index (χ0) is 6.41. The van der Waals surface area contributed by atoms with Crippen LogP contribution in [0.15, 0.2) is 14.8 Å². The fraction of sp³-hybridized carbons (Fsp3) is 0. The van der Waals surface area contributed by atoms with Crippen LogP contribution >= 0.6 is 35.2 Å². The Morgan fingerprint density at radius 1 is 1.50 bits per heavy atom. The summed E-state index contributed by atoms with van der Waals surface area (Å²) in [6.45, 7) is 0. The third-order valence-electron chi connectivity index (χ3n) is 0.255. The summed E-state index contributed by atoms with van der Waals surface area (Å²) in [4.78, 5) is 1.87. The van der Waals surface area contributed by atoms with Crippen LogP contribution in [0.1, 0.15) is 0 Å². The van der Waals surface area contributed by atoms with Gasteiger partial charge in [0.25, 0.3) is 5.29 Å². The summed E-state index contributed by atoms with van der Waals surface area (Å²) in [6, 6.07) is 0. The lowest BCUT2D eigenvalue weighted by Crippen LogP contribution is -1.88. The summed E-state index contributed by atoms with van der Waals surface area (Å²) in [6.07, 6.45) is 0. The predicted molar refractivity (Wildman–Crippen MR) is 33.0 cm³/mol. The van der Waals surface area contributed by atoms with Gasteiger partial charge in [0.2, 0.25) is 0 Å². The first kappa shape index (κ1) is 7.94. The Balaban J connectivity index is 3.61. The first-order chi connectivity index (χ1) is 3.81. The highest BCUT2D eigenvalue weighted by Crippen LogP contribution is 1.89. The molecule has 0 saturated heterocycles. The zero-order valence-corrected chi connectivity index (χ0v) is 5.74. The minimum atomic E-state index is -0.157. The van der Waals surface area contributed by atoms with Gasteiger partial charge >= 0.3 is 0 Å². The van der Waals surface area contributed by atoms with Crippen molar-refractivity contribution in [3.8, 4) is 0 Å². The van der Waals surface area contributed by atoms with Crippen LogP contribution in [0.25, 0.3) is 0 Å². The van der Waals surface area contributed by atoms with Gasteiger partial charge in [-0.1, -0.05) is 4.63 Å². The van der Waals surface area contributed by atoms with Gasteiger partial charge in [0.1, 0.15) is 0 Å². The molecular formula is CHCl3N4. The van der Waals surface area contributed by atoms with Crippen molar-refractivity contribution in [2.45, 2.75) is 0 Å². The lowest BCUT2D eigenvalue weighted by Gasteiger charge is -1.80. The van der Waals surface area contributed by atoms with Gasteiger partial charge in [-0.3, -0.25) is 0 Å². The summed E-state index contributed by atoms with van der Waals surface area (Å²) < 4.78 is 2.79. The Hall–Kier alpha value is -0.0600. The molecule has 0 aromatic rings. The highest BCUT2D eigenvalue weighted by molar-refractivity contribution is 6.65. The van der Waals surface area contributed by atoms with E-state index in [2.05, 4.69) is 14.8 Å². The molecule has 0 aliphatic heterocycles. The molecule has 46 valence electrons. The number of nitrogens with zero attached hydrogens (tertiary/aromatic N) is 3. The Morgan fingerprint density at radius 2 is 2.12 bits per heavy atom. The average Bonchev–Trinajstić information content (AvgIpc) is 1.68. The standard InChI is InChI=1S/CHCl3N4/c2-1(5-7-3)6-8-4/h7H. The molecule has 7 heteroatoms. The number of nitrogens with one attached hydrogen (secondary N) is 1. The van der Waals surface area contributed by atoms with Crippen LogP contribution in [0.5, 0.6) is 0 Å². The minimum absolute atomic E-state index is 0.157. The molecule has 0 fully saturated rings. The number of hydrazone groups is 1. The van der Waals surface area contributed by atoms with E-state index in [0.29, 0.717) is 0 Å². The van der Waals surface area contributed by atoms with Crippen molar-refractivity contribution in [3.63, 3.8) is 0 Å². The Kier molecular flexibility index (Phi) is 5.05. The minimum Gasteiger partial charge on any atom is -0.216 e. The molecule has 0 atom stereocenters. The second-order valence-corrected chi connectivity index (χ2v) is 1.30. The van der Waals surface area contributed by atoms with E-state index in [4.69, 9.17) is 35.2 Å². The average molecular weight is 175 g/mol. The Bertz CT molecular complexity index is 108. The van der Waals surface area contributed by atoms with Gasteiger partial charge in [-0.05, 0) is 11.6 Å². The van der Waals surface area contributed by atoms with Crippen molar-refractivity contribution in [2.24, 2.45) is 14.8 Å². The molecule has 0 aliphatic rings. The van der Waals surface area contributed by atoms with Crippen LogP contribution in [0.3, 0.4) is 0 Å². The van der Waals surface area contributed by atoms with E-state index in [9.17, 15) is 0 Å². The maximum Gasteiger partial charge on any atom is 0.262 e. The molecule has 0 radical (unpaired) electrons. The van der Waals surface area contributed by atoms with E-state index in [0.717, 1.165) is 0 Å². The van der Waals surface area contributed by atoms with Crippen LogP contribution in [-0.4, -0.2) is 5.29 Å². The van der Waals surface area contributed by atoms with Gasteiger partial charge in [0, 0.05) is 11.8 Å². The number of amidine groups is 1. The molecule has 0 bridgehead atoms. The third-order valence-corrected chi connectivity index (χ3v) is 0.575. The highest BCUT2D eigenvalue weighted by atomic mass is 35.5. The first-order valence-electron chi connectivity index (χ1n) is 1.42. The molecule has 0 unspecified atom stereocenters. The molecule has 0 heterocycles. The second kappa shape index (κ2) is 5.08. The molecule has 0 aromatic heterocycles. The van der Waals surface area contributed by atoms with Crippen molar-refractivity contribution in [1.29, 1.82) is 0 Å². The molecule has 0 amide bonds. The molecule has 0 spiro atoms. The van der Waals surface area contributed by atoms with E-state index < -0.39 is 0 Å². The number of hydrogen-bond donors (Lipinski definition) is 1. The molecule has 1 N–H and O–H groups in total. The fourth-order valence-electron chi connectivity index (χ4n) is 0.0884. The summed E-state index contributed by atoms with van der Waals surface area (Å²) in [5, 5.41) is 6.08. The van der Waals surface area contributed by atoms with E-state index in [1.54, 1.807) is 0 Å². The van der Waals surface area contributed by atoms with Gasteiger partial charge in [0.05, 0.1) is 11.8 Å². The summed E-state index contributed by atoms with van der Waals surface area (Å²) in [5.74, 6) is 0. The smallest absolute Gasteiger partial charge is 0.216 e. The topological polar surface area (TPSA) is 49.1 Å². The van der Waals surface area contributed by atoms with Gasteiger partial charge in [-0.15, -0.1) is 10.2 Å². The Labute approximate surface area is 60.7 Å². The van der Waals surface area contributed by atoms with Crippen LogP contribution in [-0.2, 0) is 0 Å². The SMILES string of the molecule is ClN=NC(Cl)=NNCl. The van der Waals surface area contributed by atoms with E-state index in [1.807, 2.05) is 4.94 Å². The van der Waals surface area contributed by atoms with Crippen molar-refractivity contribution < 1.29 is 0 Å².